The van der Waals surface area contributed by atoms with Crippen LogP contribution in [0.25, 0.3) is 0 Å². The summed E-state index contributed by atoms with van der Waals surface area (Å²) in [5, 5.41) is 4.54. The molecule has 2 aromatic heterocycles. The highest BCUT2D eigenvalue weighted by Crippen LogP contribution is 2.28. The minimum absolute atomic E-state index is 0.180. The first-order chi connectivity index (χ1) is 12.7. The van der Waals surface area contributed by atoms with Crippen LogP contribution < -0.4 is 10.9 Å². The van der Waals surface area contributed by atoms with Crippen molar-refractivity contribution in [3.63, 3.8) is 0 Å². The third kappa shape index (κ3) is 5.95. The Balaban J connectivity index is 2.00. The van der Waals surface area contributed by atoms with E-state index < -0.39 is 35.7 Å². The summed E-state index contributed by atoms with van der Waals surface area (Å²) in [5.41, 5.74) is -1.75. The number of pyridine rings is 1. The minimum Gasteiger partial charge on any atom is -0.350 e. The smallest absolute Gasteiger partial charge is 0.350 e. The van der Waals surface area contributed by atoms with Gasteiger partial charge in [0, 0.05) is 23.7 Å². The van der Waals surface area contributed by atoms with Gasteiger partial charge in [-0.25, -0.2) is 0 Å². The molecule has 2 heterocycles. The molecule has 0 radical (unpaired) electrons. The average Bonchev–Trinajstić information content (AvgIpc) is 3.12. The number of likely N-dealkylation sites (N-methyl/N-ethyl adjacent to an activating group) is 1. The molecule has 27 heavy (non-hydrogen) atoms. The van der Waals surface area contributed by atoms with Gasteiger partial charge in [-0.05, 0) is 24.4 Å². The molecule has 2 rings (SSSR count). The third-order valence-corrected chi connectivity index (χ3v) is 4.60. The van der Waals surface area contributed by atoms with Crippen LogP contribution in [0.15, 0.2) is 40.6 Å². The van der Waals surface area contributed by atoms with Crippen molar-refractivity contribution < 1.29 is 22.8 Å². The number of nitrogens with zero attached hydrogens (tertiary/aromatic N) is 2. The van der Waals surface area contributed by atoms with E-state index in [1.54, 1.807) is 6.92 Å². The summed E-state index contributed by atoms with van der Waals surface area (Å²) >= 11 is 1.48. The van der Waals surface area contributed by atoms with Gasteiger partial charge in [-0.15, -0.1) is 11.3 Å². The minimum atomic E-state index is -4.62. The average molecular weight is 401 g/mol. The molecule has 0 aliphatic carbocycles. The van der Waals surface area contributed by atoms with Crippen molar-refractivity contribution in [2.24, 2.45) is 0 Å². The Labute approximate surface area is 157 Å². The van der Waals surface area contributed by atoms with Gasteiger partial charge in [0.25, 0.3) is 5.56 Å². The number of alkyl halides is 3. The molecule has 2 aromatic rings. The molecule has 10 heteroatoms. The van der Waals surface area contributed by atoms with Gasteiger partial charge in [-0.3, -0.25) is 14.4 Å². The van der Waals surface area contributed by atoms with E-state index in [-0.39, 0.29) is 13.1 Å². The van der Waals surface area contributed by atoms with E-state index in [9.17, 15) is 27.6 Å². The van der Waals surface area contributed by atoms with Crippen molar-refractivity contribution >= 4 is 23.2 Å². The summed E-state index contributed by atoms with van der Waals surface area (Å²) in [4.78, 5) is 38.2. The summed E-state index contributed by atoms with van der Waals surface area (Å²) in [7, 11) is 0. The summed E-state index contributed by atoms with van der Waals surface area (Å²) < 4.78 is 39.0. The quantitative estimate of drug-likeness (QED) is 0.772. The van der Waals surface area contributed by atoms with Gasteiger partial charge >= 0.3 is 6.18 Å². The predicted octanol–water partition coefficient (Wildman–Crippen LogP) is 2.09. The largest absolute Gasteiger partial charge is 0.417 e. The summed E-state index contributed by atoms with van der Waals surface area (Å²) in [5.74, 6) is -1.01. The molecule has 1 N–H and O–H groups in total. The van der Waals surface area contributed by atoms with Gasteiger partial charge in [0.1, 0.15) is 6.54 Å². The zero-order valence-corrected chi connectivity index (χ0v) is 15.3. The lowest BCUT2D eigenvalue weighted by Gasteiger charge is -2.21. The van der Waals surface area contributed by atoms with Crippen LogP contribution in [-0.4, -0.2) is 34.4 Å². The van der Waals surface area contributed by atoms with E-state index in [4.69, 9.17) is 0 Å². The van der Waals surface area contributed by atoms with Crippen molar-refractivity contribution in [3.05, 3.63) is 56.6 Å². The first kappa shape index (κ1) is 20.7. The number of halogens is 3. The Morgan fingerprint density at radius 3 is 2.59 bits per heavy atom. The fraction of sp³-hybridized carbons (Fsp3) is 0.353. The van der Waals surface area contributed by atoms with E-state index in [1.807, 2.05) is 17.5 Å². The van der Waals surface area contributed by atoms with Crippen LogP contribution in [-0.2, 0) is 28.9 Å². The lowest BCUT2D eigenvalue weighted by molar-refractivity contribution is -0.139. The van der Waals surface area contributed by atoms with E-state index in [1.165, 1.54) is 16.2 Å². The highest BCUT2D eigenvalue weighted by Gasteiger charge is 2.31. The zero-order chi connectivity index (χ0) is 20.0. The summed E-state index contributed by atoms with van der Waals surface area (Å²) in [6.07, 6.45) is -4.02. The molecule has 0 aliphatic heterocycles. The number of thiophene rings is 1. The lowest BCUT2D eigenvalue weighted by Crippen LogP contribution is -2.42. The summed E-state index contributed by atoms with van der Waals surface area (Å²) in [6, 6.07) is 5.13. The number of nitrogens with one attached hydrogen (secondary N) is 1. The molecule has 0 bridgehead atoms. The molecule has 0 aromatic carbocycles. The standard InChI is InChI=1S/C17H18F3N3O3S/c1-2-22(10-14(24)21-8-13-4-3-7-27-13)16(26)11-23-9-12(17(18,19)20)5-6-15(23)25/h3-7,9H,2,8,10-11H2,1H3,(H,21,24). The van der Waals surface area contributed by atoms with E-state index in [2.05, 4.69) is 5.32 Å². The van der Waals surface area contributed by atoms with Crippen LogP contribution in [0.3, 0.4) is 0 Å². The van der Waals surface area contributed by atoms with Crippen LogP contribution >= 0.6 is 11.3 Å². The molecule has 146 valence electrons. The Hall–Kier alpha value is -2.62. The number of hydrogen-bond donors (Lipinski definition) is 1. The molecular weight excluding hydrogens is 383 g/mol. The van der Waals surface area contributed by atoms with Crippen LogP contribution in [0, 0.1) is 0 Å². The number of carbonyl (C=O) groups excluding carboxylic acids is 2. The monoisotopic (exact) mass is 401 g/mol. The van der Waals surface area contributed by atoms with Gasteiger partial charge in [0.2, 0.25) is 11.8 Å². The van der Waals surface area contributed by atoms with Gasteiger partial charge in [-0.1, -0.05) is 6.07 Å². The van der Waals surface area contributed by atoms with Crippen molar-refractivity contribution in [1.29, 1.82) is 0 Å². The molecular formula is C17H18F3N3O3S. The Kier molecular flexibility index (Phi) is 6.78. The number of amides is 2. The van der Waals surface area contributed by atoms with Crippen molar-refractivity contribution in [2.45, 2.75) is 26.2 Å². The van der Waals surface area contributed by atoms with Crippen LogP contribution in [0.1, 0.15) is 17.4 Å². The fourth-order valence-corrected chi connectivity index (χ4v) is 2.92. The molecule has 0 saturated carbocycles. The number of carbonyl (C=O) groups is 2. The van der Waals surface area contributed by atoms with Gasteiger partial charge in [-0.2, -0.15) is 13.2 Å². The maximum absolute atomic E-state index is 12.8. The SMILES string of the molecule is CCN(CC(=O)NCc1cccs1)C(=O)Cn1cc(C(F)(F)F)ccc1=O. The van der Waals surface area contributed by atoms with Crippen LogP contribution in [0.2, 0.25) is 0 Å². The van der Waals surface area contributed by atoms with Gasteiger partial charge < -0.3 is 14.8 Å². The normalized spacial score (nSPS) is 11.3. The second kappa shape index (κ2) is 8.85. The topological polar surface area (TPSA) is 71.4 Å². The molecule has 6 nitrogen and oxygen atoms in total. The molecule has 0 unspecified atom stereocenters. The maximum Gasteiger partial charge on any atom is 0.417 e. The van der Waals surface area contributed by atoms with Crippen molar-refractivity contribution in [1.82, 2.24) is 14.8 Å². The second-order valence-corrected chi connectivity index (χ2v) is 6.68. The highest BCUT2D eigenvalue weighted by molar-refractivity contribution is 7.09. The summed E-state index contributed by atoms with van der Waals surface area (Å²) in [6.45, 7) is 1.33. The van der Waals surface area contributed by atoms with Crippen molar-refractivity contribution in [2.75, 3.05) is 13.1 Å². The first-order valence-corrected chi connectivity index (χ1v) is 8.93. The Morgan fingerprint density at radius 1 is 1.26 bits per heavy atom. The third-order valence-electron chi connectivity index (χ3n) is 3.73. The second-order valence-electron chi connectivity index (χ2n) is 5.65. The van der Waals surface area contributed by atoms with Crippen LogP contribution in [0.4, 0.5) is 13.2 Å². The molecule has 0 saturated heterocycles. The Morgan fingerprint density at radius 2 is 2.00 bits per heavy atom. The van der Waals surface area contributed by atoms with Gasteiger partial charge in [0.15, 0.2) is 0 Å². The molecule has 0 atom stereocenters. The first-order valence-electron chi connectivity index (χ1n) is 8.05. The maximum atomic E-state index is 12.8. The van der Waals surface area contributed by atoms with Crippen molar-refractivity contribution in [3.8, 4) is 0 Å². The van der Waals surface area contributed by atoms with E-state index in [0.29, 0.717) is 23.4 Å². The lowest BCUT2D eigenvalue weighted by atomic mass is 10.2. The molecule has 2 amide bonds. The van der Waals surface area contributed by atoms with Gasteiger partial charge in [0.05, 0.1) is 18.7 Å². The fourth-order valence-electron chi connectivity index (χ4n) is 2.27. The Bertz CT molecular complexity index is 847. The zero-order valence-electron chi connectivity index (χ0n) is 14.5. The highest BCUT2D eigenvalue weighted by atomic mass is 32.1. The number of aromatic nitrogens is 1. The molecule has 0 spiro atoms. The van der Waals surface area contributed by atoms with Crippen LogP contribution in [0.5, 0.6) is 0 Å². The van der Waals surface area contributed by atoms with E-state index in [0.717, 1.165) is 10.9 Å². The number of hydrogen-bond acceptors (Lipinski definition) is 4. The molecule has 0 aliphatic rings. The number of rotatable bonds is 7. The van der Waals surface area contributed by atoms with E-state index >= 15 is 0 Å². The predicted molar refractivity (Wildman–Crippen MR) is 94.1 cm³/mol. The molecule has 0 fully saturated rings.